The normalized spacial score (nSPS) is 11.7. The van der Waals surface area contributed by atoms with E-state index in [1.807, 2.05) is 40.7 Å². The highest BCUT2D eigenvalue weighted by Crippen LogP contribution is 2.12. The molecule has 0 unspecified atom stereocenters. The number of hydrogen-bond donors (Lipinski definition) is 1. The van der Waals surface area contributed by atoms with Crippen molar-refractivity contribution in [3.8, 4) is 0 Å². The Morgan fingerprint density at radius 1 is 1.45 bits per heavy atom. The maximum Gasteiger partial charge on any atom is 0.410 e. The number of nitrogens with one attached hydrogen (secondary N) is 1. The Morgan fingerprint density at radius 2 is 2.15 bits per heavy atom. The van der Waals surface area contributed by atoms with Crippen LogP contribution in [0.15, 0.2) is 17.5 Å². The predicted molar refractivity (Wildman–Crippen MR) is 84.1 cm³/mol. The molecule has 1 aromatic heterocycles. The third kappa shape index (κ3) is 6.39. The molecule has 0 saturated carbocycles. The van der Waals surface area contributed by atoms with Crippen molar-refractivity contribution in [2.45, 2.75) is 52.8 Å². The van der Waals surface area contributed by atoms with Crippen LogP contribution < -0.4 is 5.32 Å². The molecule has 0 aromatic carbocycles. The summed E-state index contributed by atoms with van der Waals surface area (Å²) in [5.74, 6) is 0. The fraction of sp³-hybridized carbons (Fsp3) is 0.667. The molecule has 0 aliphatic rings. The average molecular weight is 298 g/mol. The second kappa shape index (κ2) is 7.64. The van der Waals surface area contributed by atoms with Gasteiger partial charge in [0.05, 0.1) is 0 Å². The number of hydrogen-bond acceptors (Lipinski definition) is 4. The summed E-state index contributed by atoms with van der Waals surface area (Å²) < 4.78 is 5.43. The molecule has 4 nitrogen and oxygen atoms in total. The van der Waals surface area contributed by atoms with Crippen molar-refractivity contribution in [2.75, 3.05) is 13.1 Å². The molecule has 0 atom stereocenters. The van der Waals surface area contributed by atoms with Crippen LogP contribution in [0.4, 0.5) is 4.79 Å². The average Bonchev–Trinajstić information content (AvgIpc) is 2.78. The first kappa shape index (κ1) is 17.0. The highest BCUT2D eigenvalue weighted by molar-refractivity contribution is 7.09. The minimum absolute atomic E-state index is 0.133. The first-order valence-electron chi connectivity index (χ1n) is 7.02. The molecule has 1 aromatic rings. The van der Waals surface area contributed by atoms with E-state index < -0.39 is 5.60 Å². The molecule has 0 aliphatic carbocycles. The van der Waals surface area contributed by atoms with Crippen LogP contribution in [-0.2, 0) is 11.3 Å². The Hall–Kier alpha value is -1.07. The summed E-state index contributed by atoms with van der Waals surface area (Å²) in [6.45, 7) is 11.9. The SMILES string of the molecule is CC(C)N(CCNCc1cccs1)C(=O)OC(C)(C)C. The van der Waals surface area contributed by atoms with Crippen molar-refractivity contribution in [3.05, 3.63) is 22.4 Å². The molecule has 1 heterocycles. The topological polar surface area (TPSA) is 41.6 Å². The fourth-order valence-electron chi connectivity index (χ4n) is 1.71. The standard InChI is InChI=1S/C15H26N2O2S/c1-12(2)17(14(18)19-15(3,4)5)9-8-16-11-13-7-6-10-20-13/h6-7,10,12,16H,8-9,11H2,1-5H3. The molecular weight excluding hydrogens is 272 g/mol. The minimum atomic E-state index is -0.450. The van der Waals surface area contributed by atoms with Gasteiger partial charge < -0.3 is 15.0 Å². The first-order valence-corrected chi connectivity index (χ1v) is 7.90. The molecule has 1 rings (SSSR count). The monoisotopic (exact) mass is 298 g/mol. The molecule has 114 valence electrons. The zero-order valence-corrected chi connectivity index (χ0v) is 13.9. The third-order valence-electron chi connectivity index (χ3n) is 2.66. The van der Waals surface area contributed by atoms with E-state index in [0.717, 1.165) is 13.1 Å². The maximum atomic E-state index is 12.1. The van der Waals surface area contributed by atoms with Crippen molar-refractivity contribution < 1.29 is 9.53 Å². The molecular formula is C15H26N2O2S. The van der Waals surface area contributed by atoms with E-state index in [4.69, 9.17) is 4.74 Å². The van der Waals surface area contributed by atoms with Crippen LogP contribution in [0.5, 0.6) is 0 Å². The zero-order valence-electron chi connectivity index (χ0n) is 13.1. The lowest BCUT2D eigenvalue weighted by Crippen LogP contribution is -2.44. The van der Waals surface area contributed by atoms with Gasteiger partial charge in [-0.1, -0.05) is 6.07 Å². The lowest BCUT2D eigenvalue weighted by Gasteiger charge is -2.30. The van der Waals surface area contributed by atoms with Crippen LogP contribution in [-0.4, -0.2) is 35.7 Å². The fourth-order valence-corrected chi connectivity index (χ4v) is 2.38. The lowest BCUT2D eigenvalue weighted by atomic mass is 10.2. The molecule has 1 N–H and O–H groups in total. The largest absolute Gasteiger partial charge is 0.444 e. The van der Waals surface area contributed by atoms with E-state index in [0.29, 0.717) is 6.54 Å². The van der Waals surface area contributed by atoms with Gasteiger partial charge in [0.2, 0.25) is 0 Å². The van der Waals surface area contributed by atoms with Gasteiger partial charge in [-0.2, -0.15) is 0 Å². The molecule has 0 bridgehead atoms. The van der Waals surface area contributed by atoms with E-state index in [-0.39, 0.29) is 12.1 Å². The second-order valence-electron chi connectivity index (χ2n) is 6.02. The lowest BCUT2D eigenvalue weighted by molar-refractivity contribution is 0.0193. The molecule has 20 heavy (non-hydrogen) atoms. The summed E-state index contributed by atoms with van der Waals surface area (Å²) in [6, 6.07) is 4.28. The number of carbonyl (C=O) groups excluding carboxylic acids is 1. The van der Waals surface area contributed by atoms with Gasteiger partial charge >= 0.3 is 6.09 Å². The van der Waals surface area contributed by atoms with Crippen LogP contribution in [0.25, 0.3) is 0 Å². The highest BCUT2D eigenvalue weighted by Gasteiger charge is 2.23. The van der Waals surface area contributed by atoms with Crippen LogP contribution >= 0.6 is 11.3 Å². The van der Waals surface area contributed by atoms with Gasteiger partial charge in [0.15, 0.2) is 0 Å². The number of rotatable bonds is 6. The van der Waals surface area contributed by atoms with Crippen molar-refractivity contribution in [1.82, 2.24) is 10.2 Å². The number of amides is 1. The summed E-state index contributed by atoms with van der Waals surface area (Å²) in [4.78, 5) is 15.2. The molecule has 0 radical (unpaired) electrons. The Labute approximate surface area is 126 Å². The van der Waals surface area contributed by atoms with E-state index in [1.54, 1.807) is 16.2 Å². The Balaban J connectivity index is 2.37. The molecule has 5 heteroatoms. The van der Waals surface area contributed by atoms with E-state index >= 15 is 0 Å². The van der Waals surface area contributed by atoms with Crippen molar-refractivity contribution in [1.29, 1.82) is 0 Å². The molecule has 0 aliphatic heterocycles. The third-order valence-corrected chi connectivity index (χ3v) is 3.54. The number of thiophene rings is 1. The van der Waals surface area contributed by atoms with Gasteiger partial charge in [0, 0.05) is 30.6 Å². The predicted octanol–water partition coefficient (Wildman–Crippen LogP) is 3.48. The minimum Gasteiger partial charge on any atom is -0.444 e. The molecule has 0 spiro atoms. The van der Waals surface area contributed by atoms with Gasteiger partial charge in [-0.05, 0) is 46.1 Å². The summed E-state index contributed by atoms with van der Waals surface area (Å²) in [5, 5.41) is 5.42. The summed E-state index contributed by atoms with van der Waals surface area (Å²) >= 11 is 1.73. The Kier molecular flexibility index (Phi) is 6.49. The summed E-state index contributed by atoms with van der Waals surface area (Å²) in [5.41, 5.74) is -0.450. The number of ether oxygens (including phenoxy) is 1. The van der Waals surface area contributed by atoms with Crippen molar-refractivity contribution >= 4 is 17.4 Å². The van der Waals surface area contributed by atoms with Crippen LogP contribution in [0.1, 0.15) is 39.5 Å². The van der Waals surface area contributed by atoms with Crippen molar-refractivity contribution in [3.63, 3.8) is 0 Å². The van der Waals surface area contributed by atoms with E-state index in [2.05, 4.69) is 16.8 Å². The number of carbonyl (C=O) groups is 1. The highest BCUT2D eigenvalue weighted by atomic mass is 32.1. The Morgan fingerprint density at radius 3 is 2.65 bits per heavy atom. The van der Waals surface area contributed by atoms with E-state index in [9.17, 15) is 4.79 Å². The van der Waals surface area contributed by atoms with Crippen LogP contribution in [0, 0.1) is 0 Å². The Bertz CT molecular complexity index is 397. The zero-order chi connectivity index (χ0) is 15.2. The summed E-state index contributed by atoms with van der Waals surface area (Å²) in [7, 11) is 0. The van der Waals surface area contributed by atoms with Gasteiger partial charge in [0.25, 0.3) is 0 Å². The van der Waals surface area contributed by atoms with Gasteiger partial charge in [-0.25, -0.2) is 4.79 Å². The summed E-state index contributed by atoms with van der Waals surface area (Å²) in [6.07, 6.45) is -0.245. The van der Waals surface area contributed by atoms with Crippen LogP contribution in [0.3, 0.4) is 0 Å². The van der Waals surface area contributed by atoms with Gasteiger partial charge in [-0.3, -0.25) is 0 Å². The second-order valence-corrected chi connectivity index (χ2v) is 7.06. The number of nitrogens with zero attached hydrogens (tertiary/aromatic N) is 1. The molecule has 0 fully saturated rings. The molecule has 1 amide bonds. The van der Waals surface area contributed by atoms with Gasteiger partial charge in [0.1, 0.15) is 5.60 Å². The maximum absolute atomic E-state index is 12.1. The molecule has 0 saturated heterocycles. The van der Waals surface area contributed by atoms with Crippen molar-refractivity contribution in [2.24, 2.45) is 0 Å². The van der Waals surface area contributed by atoms with Crippen LogP contribution in [0.2, 0.25) is 0 Å². The van der Waals surface area contributed by atoms with Gasteiger partial charge in [-0.15, -0.1) is 11.3 Å². The smallest absolute Gasteiger partial charge is 0.410 e. The van der Waals surface area contributed by atoms with E-state index in [1.165, 1.54) is 4.88 Å². The quantitative estimate of drug-likeness (QED) is 0.818. The first-order chi connectivity index (χ1) is 9.29.